The van der Waals surface area contributed by atoms with Crippen LogP contribution >= 0.6 is 0 Å². The molecule has 1 N–H and O–H groups in total. The normalized spacial score (nSPS) is 19.6. The van der Waals surface area contributed by atoms with Crippen LogP contribution in [0.2, 0.25) is 0 Å². The summed E-state index contributed by atoms with van der Waals surface area (Å²) >= 11 is 0. The first kappa shape index (κ1) is 16.8. The van der Waals surface area contributed by atoms with Crippen molar-refractivity contribution in [1.29, 1.82) is 0 Å². The summed E-state index contributed by atoms with van der Waals surface area (Å²) in [4.78, 5) is 12.3. The molecular weight excluding hydrogens is 304 g/mol. The number of nitrogens with one attached hydrogen (secondary N) is 1. The van der Waals surface area contributed by atoms with Gasteiger partial charge < -0.3 is 10.1 Å². The molecule has 0 spiro atoms. The Labute approximate surface area is 131 Å². The maximum absolute atomic E-state index is 12.3. The Balaban J connectivity index is 1.99. The second-order valence-electron chi connectivity index (χ2n) is 5.32. The van der Waals surface area contributed by atoms with Crippen molar-refractivity contribution in [1.82, 2.24) is 4.31 Å². The monoisotopic (exact) mass is 326 g/mol. The van der Waals surface area contributed by atoms with Gasteiger partial charge in [0.2, 0.25) is 15.9 Å². The number of hydrogen-bond donors (Lipinski definition) is 1. The van der Waals surface area contributed by atoms with Crippen molar-refractivity contribution in [2.45, 2.75) is 19.8 Å². The lowest BCUT2D eigenvalue weighted by Crippen LogP contribution is -2.44. The smallest absolute Gasteiger partial charge is 0.228 e. The van der Waals surface area contributed by atoms with Gasteiger partial charge >= 0.3 is 0 Å². The molecule has 0 aromatic heterocycles. The standard InChI is InChI=1S/C15H22N2O4S/c1-3-22(19,20)17-10-4-5-12(11-17)15(18)16-13-6-8-14(21-2)9-7-13/h6-9,12H,3-5,10-11H2,1-2H3,(H,16,18). The number of carbonyl (C=O) groups excluding carboxylic acids is 1. The zero-order valence-corrected chi connectivity index (χ0v) is 13.7. The van der Waals surface area contributed by atoms with Gasteiger partial charge in [-0.15, -0.1) is 0 Å². The molecule has 1 aromatic carbocycles. The van der Waals surface area contributed by atoms with Gasteiger partial charge in [0.15, 0.2) is 0 Å². The summed E-state index contributed by atoms with van der Waals surface area (Å²) in [6.07, 6.45) is 1.41. The Hall–Kier alpha value is -1.60. The van der Waals surface area contributed by atoms with Crippen molar-refractivity contribution < 1.29 is 17.9 Å². The number of methoxy groups -OCH3 is 1. The molecule has 7 heteroatoms. The molecule has 122 valence electrons. The van der Waals surface area contributed by atoms with E-state index in [0.29, 0.717) is 25.1 Å². The predicted octanol–water partition coefficient (Wildman–Crippen LogP) is 1.70. The summed E-state index contributed by atoms with van der Waals surface area (Å²) in [5.41, 5.74) is 0.682. The predicted molar refractivity (Wildman–Crippen MR) is 85.4 cm³/mol. The highest BCUT2D eigenvalue weighted by atomic mass is 32.2. The Morgan fingerprint density at radius 2 is 2.05 bits per heavy atom. The molecule has 0 radical (unpaired) electrons. The number of rotatable bonds is 5. The number of amides is 1. The average molecular weight is 326 g/mol. The number of nitrogens with zero attached hydrogens (tertiary/aromatic N) is 1. The van der Waals surface area contributed by atoms with Gasteiger partial charge in [-0.25, -0.2) is 12.7 Å². The van der Waals surface area contributed by atoms with E-state index in [1.54, 1.807) is 38.3 Å². The Morgan fingerprint density at radius 3 is 2.64 bits per heavy atom. The van der Waals surface area contributed by atoms with Crippen LogP contribution in [-0.2, 0) is 14.8 Å². The largest absolute Gasteiger partial charge is 0.497 e. The molecule has 1 aliphatic rings. The number of benzene rings is 1. The topological polar surface area (TPSA) is 75.7 Å². The van der Waals surface area contributed by atoms with Crippen molar-refractivity contribution in [3.05, 3.63) is 24.3 Å². The third kappa shape index (κ3) is 3.98. The average Bonchev–Trinajstić information content (AvgIpc) is 2.55. The molecule has 1 unspecified atom stereocenters. The number of anilines is 1. The molecule has 1 atom stereocenters. The number of ether oxygens (including phenoxy) is 1. The van der Waals surface area contributed by atoms with E-state index in [1.165, 1.54) is 4.31 Å². The van der Waals surface area contributed by atoms with Crippen LogP contribution in [0.15, 0.2) is 24.3 Å². The molecule has 0 bridgehead atoms. The summed E-state index contributed by atoms with van der Waals surface area (Å²) in [6.45, 7) is 2.39. The minimum atomic E-state index is -3.23. The van der Waals surface area contributed by atoms with E-state index in [4.69, 9.17) is 4.74 Å². The number of piperidine rings is 1. The third-order valence-corrected chi connectivity index (χ3v) is 5.72. The molecule has 0 aliphatic carbocycles. The van der Waals surface area contributed by atoms with E-state index >= 15 is 0 Å². The highest BCUT2D eigenvalue weighted by molar-refractivity contribution is 7.89. The molecule has 6 nitrogen and oxygen atoms in total. The van der Waals surface area contributed by atoms with E-state index in [1.807, 2.05) is 0 Å². The van der Waals surface area contributed by atoms with Crippen LogP contribution in [0.1, 0.15) is 19.8 Å². The van der Waals surface area contributed by atoms with Crippen LogP contribution in [0.3, 0.4) is 0 Å². The van der Waals surface area contributed by atoms with Gasteiger partial charge in [-0.3, -0.25) is 4.79 Å². The summed E-state index contributed by atoms with van der Waals surface area (Å²) in [6, 6.07) is 7.06. The van der Waals surface area contributed by atoms with Crippen molar-refractivity contribution in [2.24, 2.45) is 5.92 Å². The number of carbonyl (C=O) groups is 1. The van der Waals surface area contributed by atoms with Crippen molar-refractivity contribution in [3.8, 4) is 5.75 Å². The second-order valence-corrected chi connectivity index (χ2v) is 7.57. The van der Waals surface area contributed by atoms with Gasteiger partial charge in [0.05, 0.1) is 18.8 Å². The quantitative estimate of drug-likeness (QED) is 0.893. The minimum Gasteiger partial charge on any atom is -0.497 e. The fourth-order valence-corrected chi connectivity index (χ4v) is 3.69. The summed E-state index contributed by atoms with van der Waals surface area (Å²) in [7, 11) is -1.65. The fourth-order valence-electron chi connectivity index (χ4n) is 2.51. The maximum atomic E-state index is 12.3. The lowest BCUT2D eigenvalue weighted by Gasteiger charge is -2.30. The molecule has 0 saturated carbocycles. The third-order valence-electron chi connectivity index (χ3n) is 3.87. The zero-order valence-electron chi connectivity index (χ0n) is 12.9. The molecule has 1 heterocycles. The molecule has 1 aliphatic heterocycles. The van der Waals surface area contributed by atoms with Crippen molar-refractivity contribution >= 4 is 21.6 Å². The Bertz CT molecular complexity index is 613. The van der Waals surface area contributed by atoms with E-state index in [9.17, 15) is 13.2 Å². The summed E-state index contributed by atoms with van der Waals surface area (Å²) in [5.74, 6) is 0.342. The second kappa shape index (κ2) is 7.11. The molecular formula is C15H22N2O4S. The van der Waals surface area contributed by atoms with E-state index in [0.717, 1.165) is 5.75 Å². The molecule has 1 fully saturated rings. The maximum Gasteiger partial charge on any atom is 0.228 e. The summed E-state index contributed by atoms with van der Waals surface area (Å²) < 4.78 is 30.4. The van der Waals surface area contributed by atoms with Crippen LogP contribution < -0.4 is 10.1 Å². The van der Waals surface area contributed by atoms with Gasteiger partial charge in [-0.1, -0.05) is 0 Å². The van der Waals surface area contributed by atoms with Gasteiger partial charge in [0.25, 0.3) is 0 Å². The molecule has 1 saturated heterocycles. The minimum absolute atomic E-state index is 0.0693. The van der Waals surface area contributed by atoms with Crippen LogP contribution in [0.5, 0.6) is 5.75 Å². The van der Waals surface area contributed by atoms with Gasteiger partial charge in [0.1, 0.15) is 5.75 Å². The number of hydrogen-bond acceptors (Lipinski definition) is 4. The Kier molecular flexibility index (Phi) is 5.42. The van der Waals surface area contributed by atoms with Gasteiger partial charge in [-0.05, 0) is 44.0 Å². The molecule has 1 aromatic rings. The van der Waals surface area contributed by atoms with Crippen molar-refractivity contribution in [3.63, 3.8) is 0 Å². The van der Waals surface area contributed by atoms with Crippen LogP contribution in [0.25, 0.3) is 0 Å². The first-order valence-corrected chi connectivity index (χ1v) is 9.00. The van der Waals surface area contributed by atoms with E-state index < -0.39 is 10.0 Å². The highest BCUT2D eigenvalue weighted by Crippen LogP contribution is 2.22. The van der Waals surface area contributed by atoms with Crippen LogP contribution in [-0.4, -0.2) is 44.6 Å². The van der Waals surface area contributed by atoms with Crippen LogP contribution in [0.4, 0.5) is 5.69 Å². The van der Waals surface area contributed by atoms with E-state index in [2.05, 4.69) is 5.32 Å². The molecule has 22 heavy (non-hydrogen) atoms. The first-order chi connectivity index (χ1) is 10.5. The van der Waals surface area contributed by atoms with Crippen molar-refractivity contribution in [2.75, 3.05) is 31.3 Å². The SMILES string of the molecule is CCS(=O)(=O)N1CCCC(C(=O)Nc2ccc(OC)cc2)C1. The lowest BCUT2D eigenvalue weighted by atomic mass is 9.99. The molecule has 2 rings (SSSR count). The zero-order chi connectivity index (χ0) is 16.2. The summed E-state index contributed by atoms with van der Waals surface area (Å²) in [5, 5.41) is 2.84. The number of sulfonamides is 1. The van der Waals surface area contributed by atoms with Gasteiger partial charge in [-0.2, -0.15) is 0 Å². The Morgan fingerprint density at radius 1 is 1.36 bits per heavy atom. The lowest BCUT2D eigenvalue weighted by molar-refractivity contribution is -0.120. The first-order valence-electron chi connectivity index (χ1n) is 7.39. The van der Waals surface area contributed by atoms with Gasteiger partial charge in [0, 0.05) is 18.8 Å². The van der Waals surface area contributed by atoms with Crippen LogP contribution in [0, 0.1) is 5.92 Å². The van der Waals surface area contributed by atoms with E-state index in [-0.39, 0.29) is 24.1 Å². The highest BCUT2D eigenvalue weighted by Gasteiger charge is 2.31. The fraction of sp³-hybridized carbons (Fsp3) is 0.533. The molecule has 1 amide bonds.